The quantitative estimate of drug-likeness (QED) is 0.778. The molecule has 9 heteroatoms. The van der Waals surface area contributed by atoms with E-state index in [-0.39, 0.29) is 22.8 Å². The number of ether oxygens (including phenoxy) is 2. The number of hydrogen-bond donors (Lipinski definition) is 1. The van der Waals surface area contributed by atoms with Crippen LogP contribution in [0.15, 0.2) is 41.4 Å². The second-order valence-electron chi connectivity index (χ2n) is 5.51. The second-order valence-corrected chi connectivity index (χ2v) is 7.63. The Balaban J connectivity index is 2.27. The average Bonchev–Trinajstić information content (AvgIpc) is 2.65. The van der Waals surface area contributed by atoms with Crippen molar-refractivity contribution in [2.45, 2.75) is 11.4 Å². The van der Waals surface area contributed by atoms with Crippen molar-refractivity contribution in [2.24, 2.45) is 0 Å². The standard InChI is InChI=1S/C17H21N3O5S/c1-20(2)26(22,23)15-10-12(7-8-14(15)24-3)16(21)19-11-13-6-5-9-18-17(13)25-4/h5-10H,11H2,1-4H3,(H,19,21). The number of nitrogens with zero attached hydrogens (tertiary/aromatic N) is 2. The predicted molar refractivity (Wildman–Crippen MR) is 95.8 cm³/mol. The molecule has 2 rings (SSSR count). The molecule has 0 bridgehead atoms. The fraction of sp³-hybridized carbons (Fsp3) is 0.294. The van der Waals surface area contributed by atoms with Crippen LogP contribution in [0, 0.1) is 0 Å². The summed E-state index contributed by atoms with van der Waals surface area (Å²) in [6.45, 7) is 0.192. The molecule has 0 saturated carbocycles. The Morgan fingerprint density at radius 3 is 2.54 bits per heavy atom. The molecule has 0 aliphatic rings. The molecule has 8 nitrogen and oxygen atoms in total. The molecule has 0 spiro atoms. The van der Waals surface area contributed by atoms with Gasteiger partial charge in [-0.3, -0.25) is 4.79 Å². The maximum atomic E-state index is 12.4. The van der Waals surface area contributed by atoms with Crippen LogP contribution < -0.4 is 14.8 Å². The highest BCUT2D eigenvalue weighted by Crippen LogP contribution is 2.27. The van der Waals surface area contributed by atoms with E-state index < -0.39 is 15.9 Å². The number of sulfonamides is 1. The van der Waals surface area contributed by atoms with Gasteiger partial charge in [-0.2, -0.15) is 0 Å². The Morgan fingerprint density at radius 2 is 1.92 bits per heavy atom. The van der Waals surface area contributed by atoms with Crippen molar-refractivity contribution in [3.05, 3.63) is 47.7 Å². The summed E-state index contributed by atoms with van der Waals surface area (Å²) in [4.78, 5) is 16.4. The number of carbonyl (C=O) groups is 1. The van der Waals surface area contributed by atoms with E-state index in [9.17, 15) is 13.2 Å². The van der Waals surface area contributed by atoms with Crippen molar-refractivity contribution in [2.75, 3.05) is 28.3 Å². The molecule has 1 N–H and O–H groups in total. The molecule has 2 aromatic rings. The van der Waals surface area contributed by atoms with E-state index in [2.05, 4.69) is 10.3 Å². The first-order chi connectivity index (χ1) is 12.3. The molecule has 0 unspecified atom stereocenters. The summed E-state index contributed by atoms with van der Waals surface area (Å²) in [5.41, 5.74) is 0.909. The second kappa shape index (κ2) is 8.15. The van der Waals surface area contributed by atoms with Gasteiger partial charge in [-0.05, 0) is 24.3 Å². The van der Waals surface area contributed by atoms with Gasteiger partial charge in [-0.15, -0.1) is 0 Å². The summed E-state index contributed by atoms with van der Waals surface area (Å²) in [6, 6.07) is 7.77. The van der Waals surface area contributed by atoms with Crippen LogP contribution in [0.1, 0.15) is 15.9 Å². The molecule has 26 heavy (non-hydrogen) atoms. The minimum absolute atomic E-state index is 0.0726. The van der Waals surface area contributed by atoms with Gasteiger partial charge in [0.1, 0.15) is 10.6 Å². The van der Waals surface area contributed by atoms with Gasteiger partial charge in [0.2, 0.25) is 15.9 Å². The molecule has 0 fully saturated rings. The molecule has 0 atom stereocenters. The van der Waals surface area contributed by atoms with Gasteiger partial charge in [0, 0.05) is 38.0 Å². The molecule has 1 aromatic heterocycles. The van der Waals surface area contributed by atoms with Gasteiger partial charge in [-0.1, -0.05) is 6.07 Å². The maximum absolute atomic E-state index is 12.4. The Bertz CT molecular complexity index is 897. The van der Waals surface area contributed by atoms with Crippen molar-refractivity contribution in [3.63, 3.8) is 0 Å². The number of hydrogen-bond acceptors (Lipinski definition) is 6. The summed E-state index contributed by atoms with van der Waals surface area (Å²) < 4.78 is 36.2. The summed E-state index contributed by atoms with van der Waals surface area (Å²) in [6.07, 6.45) is 1.59. The number of pyridine rings is 1. The zero-order chi connectivity index (χ0) is 19.3. The summed E-state index contributed by atoms with van der Waals surface area (Å²) in [7, 11) is 1.94. The molecule has 1 amide bonds. The van der Waals surface area contributed by atoms with Gasteiger partial charge in [0.15, 0.2) is 0 Å². The zero-order valence-corrected chi connectivity index (χ0v) is 15.8. The minimum Gasteiger partial charge on any atom is -0.495 e. The van der Waals surface area contributed by atoms with Crippen LogP contribution in [0.2, 0.25) is 0 Å². The average molecular weight is 379 g/mol. The molecule has 1 heterocycles. The highest BCUT2D eigenvalue weighted by molar-refractivity contribution is 7.89. The molecule has 0 saturated heterocycles. The van der Waals surface area contributed by atoms with Gasteiger partial charge in [0.25, 0.3) is 5.91 Å². The monoisotopic (exact) mass is 379 g/mol. The van der Waals surface area contributed by atoms with E-state index in [0.717, 1.165) is 4.31 Å². The van der Waals surface area contributed by atoms with Gasteiger partial charge in [-0.25, -0.2) is 17.7 Å². The van der Waals surface area contributed by atoms with Crippen LogP contribution in [0.4, 0.5) is 0 Å². The number of methoxy groups -OCH3 is 2. The van der Waals surface area contributed by atoms with Crippen molar-refractivity contribution in [1.29, 1.82) is 0 Å². The molecular weight excluding hydrogens is 358 g/mol. The third-order valence-corrected chi connectivity index (χ3v) is 5.50. The van der Waals surface area contributed by atoms with Crippen LogP contribution in [0.5, 0.6) is 11.6 Å². The fourth-order valence-electron chi connectivity index (χ4n) is 2.24. The van der Waals surface area contributed by atoms with E-state index in [1.54, 1.807) is 18.3 Å². The lowest BCUT2D eigenvalue weighted by Gasteiger charge is -2.15. The lowest BCUT2D eigenvalue weighted by molar-refractivity contribution is 0.0950. The SMILES string of the molecule is COc1ccc(C(=O)NCc2cccnc2OC)cc1S(=O)(=O)N(C)C. The largest absolute Gasteiger partial charge is 0.495 e. The Morgan fingerprint density at radius 1 is 1.19 bits per heavy atom. The molecule has 0 radical (unpaired) electrons. The lowest BCUT2D eigenvalue weighted by Crippen LogP contribution is -2.25. The van der Waals surface area contributed by atoms with Crippen LogP contribution >= 0.6 is 0 Å². The Labute approximate surface area is 152 Å². The zero-order valence-electron chi connectivity index (χ0n) is 15.0. The Hall–Kier alpha value is -2.65. The summed E-state index contributed by atoms with van der Waals surface area (Å²) in [5, 5.41) is 2.73. The van der Waals surface area contributed by atoms with Gasteiger partial charge < -0.3 is 14.8 Å². The van der Waals surface area contributed by atoms with Crippen LogP contribution in [-0.2, 0) is 16.6 Å². The number of aromatic nitrogens is 1. The smallest absolute Gasteiger partial charge is 0.251 e. The number of amides is 1. The molecule has 0 aliphatic heterocycles. The molecule has 1 aromatic carbocycles. The van der Waals surface area contributed by atoms with Crippen molar-refractivity contribution in [1.82, 2.24) is 14.6 Å². The van der Waals surface area contributed by atoms with E-state index in [1.807, 2.05) is 0 Å². The van der Waals surface area contributed by atoms with Crippen LogP contribution in [0.25, 0.3) is 0 Å². The fourth-order valence-corrected chi connectivity index (χ4v) is 3.31. The minimum atomic E-state index is -3.76. The predicted octanol–water partition coefficient (Wildman–Crippen LogP) is 1.28. The molecule has 0 aliphatic carbocycles. The van der Waals surface area contributed by atoms with Crippen LogP contribution in [-0.4, -0.2) is 51.9 Å². The first kappa shape index (κ1) is 19.7. The van der Waals surface area contributed by atoms with Crippen molar-refractivity contribution in [3.8, 4) is 11.6 Å². The highest BCUT2D eigenvalue weighted by Gasteiger charge is 2.24. The maximum Gasteiger partial charge on any atom is 0.251 e. The third kappa shape index (κ3) is 4.12. The first-order valence-corrected chi connectivity index (χ1v) is 9.12. The highest BCUT2D eigenvalue weighted by atomic mass is 32.2. The lowest BCUT2D eigenvalue weighted by atomic mass is 10.2. The van der Waals surface area contributed by atoms with E-state index in [0.29, 0.717) is 11.4 Å². The van der Waals surface area contributed by atoms with Crippen molar-refractivity contribution < 1.29 is 22.7 Å². The first-order valence-electron chi connectivity index (χ1n) is 7.68. The van der Waals surface area contributed by atoms with Crippen molar-refractivity contribution >= 4 is 15.9 Å². The number of benzene rings is 1. The van der Waals surface area contributed by atoms with Gasteiger partial charge in [0.05, 0.1) is 14.2 Å². The third-order valence-electron chi connectivity index (χ3n) is 3.67. The van der Waals surface area contributed by atoms with Crippen LogP contribution in [0.3, 0.4) is 0 Å². The number of nitrogens with one attached hydrogen (secondary N) is 1. The summed E-state index contributed by atoms with van der Waals surface area (Å²) >= 11 is 0. The molecule has 140 valence electrons. The number of carbonyl (C=O) groups excluding carboxylic acids is 1. The summed E-state index contributed by atoms with van der Waals surface area (Å²) in [5.74, 6) is 0.163. The number of rotatable bonds is 7. The van der Waals surface area contributed by atoms with E-state index >= 15 is 0 Å². The topological polar surface area (TPSA) is 97.8 Å². The van der Waals surface area contributed by atoms with Gasteiger partial charge >= 0.3 is 0 Å². The molecular formula is C17H21N3O5S. The van der Waals surface area contributed by atoms with E-state index in [1.165, 1.54) is 46.5 Å². The van der Waals surface area contributed by atoms with E-state index in [4.69, 9.17) is 9.47 Å². The Kier molecular flexibility index (Phi) is 6.17. The normalized spacial score (nSPS) is 11.3.